The maximum absolute atomic E-state index is 6.01. The highest BCUT2D eigenvalue weighted by atomic mass is 79.9. The summed E-state index contributed by atoms with van der Waals surface area (Å²) < 4.78 is 0.590. The molecule has 1 aromatic heterocycles. The van der Waals surface area contributed by atoms with Gasteiger partial charge in [0.1, 0.15) is 16.1 Å². The molecule has 0 aromatic carbocycles. The first-order valence-electron chi connectivity index (χ1n) is 6.00. The van der Waals surface area contributed by atoms with E-state index in [1.54, 1.807) is 0 Å². The van der Waals surface area contributed by atoms with Gasteiger partial charge in [0.15, 0.2) is 0 Å². The van der Waals surface area contributed by atoms with Crippen molar-refractivity contribution in [1.29, 1.82) is 0 Å². The zero-order valence-electron chi connectivity index (χ0n) is 9.72. The van der Waals surface area contributed by atoms with Crippen LogP contribution < -0.4 is 0 Å². The first kappa shape index (κ1) is 13.6. The monoisotopic (exact) mass is 336 g/mol. The Morgan fingerprint density at radius 1 is 1.12 bits per heavy atom. The molecule has 2 rings (SSSR count). The van der Waals surface area contributed by atoms with Crippen LogP contribution in [0.5, 0.6) is 0 Å². The van der Waals surface area contributed by atoms with Gasteiger partial charge in [0.2, 0.25) is 0 Å². The van der Waals surface area contributed by atoms with Crippen molar-refractivity contribution >= 4 is 39.1 Å². The van der Waals surface area contributed by atoms with E-state index in [-0.39, 0.29) is 0 Å². The first-order valence-corrected chi connectivity index (χ1v) is 7.55. The summed E-state index contributed by atoms with van der Waals surface area (Å²) in [5.74, 6) is 2.09. The van der Waals surface area contributed by atoms with Crippen molar-refractivity contribution in [3.63, 3.8) is 0 Å². The predicted octanol–water partition coefficient (Wildman–Crippen LogP) is 5.23. The van der Waals surface area contributed by atoms with Gasteiger partial charge < -0.3 is 0 Å². The van der Waals surface area contributed by atoms with Gasteiger partial charge in [0, 0.05) is 5.92 Å². The third-order valence-electron chi connectivity index (χ3n) is 3.58. The van der Waals surface area contributed by atoms with E-state index in [1.807, 2.05) is 0 Å². The van der Waals surface area contributed by atoms with E-state index >= 15 is 0 Å². The van der Waals surface area contributed by atoms with E-state index in [9.17, 15) is 0 Å². The lowest BCUT2D eigenvalue weighted by Gasteiger charge is -2.26. The number of rotatable bonds is 2. The van der Waals surface area contributed by atoms with Crippen LogP contribution in [0.2, 0.25) is 10.3 Å². The third-order valence-corrected chi connectivity index (χ3v) is 5.33. The molecule has 94 valence electrons. The maximum Gasteiger partial charge on any atom is 0.148 e. The summed E-state index contributed by atoms with van der Waals surface area (Å²) in [7, 11) is 0. The van der Waals surface area contributed by atoms with Crippen LogP contribution >= 0.6 is 39.1 Å². The highest BCUT2D eigenvalue weighted by Crippen LogP contribution is 2.37. The first-order chi connectivity index (χ1) is 8.11. The SMILES string of the molecule is CCC1CCC(c2nc(Cl)c(Br)c(Cl)n2)CC1. The summed E-state index contributed by atoms with van der Waals surface area (Å²) >= 11 is 15.3. The van der Waals surface area contributed by atoms with Crippen molar-refractivity contribution in [2.45, 2.75) is 44.9 Å². The zero-order chi connectivity index (χ0) is 12.4. The Morgan fingerprint density at radius 3 is 2.12 bits per heavy atom. The Hall–Kier alpha value is 0.140. The molecule has 2 nitrogen and oxygen atoms in total. The molecule has 1 aromatic rings. The van der Waals surface area contributed by atoms with Crippen molar-refractivity contribution in [3.05, 3.63) is 20.6 Å². The lowest BCUT2D eigenvalue weighted by molar-refractivity contribution is 0.312. The molecule has 0 bridgehead atoms. The largest absolute Gasteiger partial charge is 0.220 e. The Balaban J connectivity index is 2.13. The molecule has 0 spiro atoms. The second kappa shape index (κ2) is 5.85. The molecule has 0 unspecified atom stereocenters. The molecule has 0 radical (unpaired) electrons. The molecule has 1 saturated carbocycles. The van der Waals surface area contributed by atoms with Gasteiger partial charge in [-0.05, 0) is 47.5 Å². The van der Waals surface area contributed by atoms with Crippen LogP contribution in [0.4, 0.5) is 0 Å². The fourth-order valence-corrected chi connectivity index (χ4v) is 3.00. The van der Waals surface area contributed by atoms with Gasteiger partial charge in [0.05, 0.1) is 4.47 Å². The Labute approximate surface area is 120 Å². The molecular formula is C12H15BrCl2N2. The number of halogens is 3. The second-order valence-corrected chi connectivity index (χ2v) is 6.11. The van der Waals surface area contributed by atoms with Crippen LogP contribution in [0.3, 0.4) is 0 Å². The molecule has 1 fully saturated rings. The van der Waals surface area contributed by atoms with Crippen molar-refractivity contribution in [1.82, 2.24) is 9.97 Å². The van der Waals surface area contributed by atoms with Crippen LogP contribution in [0, 0.1) is 5.92 Å². The molecule has 1 aliphatic carbocycles. The van der Waals surface area contributed by atoms with Crippen molar-refractivity contribution in [2.24, 2.45) is 5.92 Å². The molecule has 0 N–H and O–H groups in total. The topological polar surface area (TPSA) is 25.8 Å². The number of hydrogen-bond donors (Lipinski definition) is 0. The van der Waals surface area contributed by atoms with Crippen molar-refractivity contribution in [3.8, 4) is 0 Å². The molecule has 1 heterocycles. The van der Waals surface area contributed by atoms with Crippen molar-refractivity contribution < 1.29 is 0 Å². The minimum atomic E-state index is 0.414. The van der Waals surface area contributed by atoms with Gasteiger partial charge in [-0.3, -0.25) is 0 Å². The molecule has 0 atom stereocenters. The third kappa shape index (κ3) is 3.12. The van der Waals surface area contributed by atoms with Gasteiger partial charge in [-0.1, -0.05) is 36.5 Å². The molecule has 0 saturated heterocycles. The summed E-state index contributed by atoms with van der Waals surface area (Å²) in [5.41, 5.74) is 0. The van der Waals surface area contributed by atoms with Gasteiger partial charge in [-0.25, -0.2) is 9.97 Å². The van der Waals surface area contributed by atoms with Crippen LogP contribution in [-0.4, -0.2) is 9.97 Å². The summed E-state index contributed by atoms with van der Waals surface area (Å²) in [6, 6.07) is 0. The summed E-state index contributed by atoms with van der Waals surface area (Å²) in [5, 5.41) is 0.829. The van der Waals surface area contributed by atoms with Crippen molar-refractivity contribution in [2.75, 3.05) is 0 Å². The average molecular weight is 338 g/mol. The van der Waals surface area contributed by atoms with Crippen LogP contribution in [0.25, 0.3) is 0 Å². The van der Waals surface area contributed by atoms with E-state index in [2.05, 4.69) is 32.8 Å². The minimum absolute atomic E-state index is 0.414. The Kier molecular flexibility index (Phi) is 4.67. The van der Waals surface area contributed by atoms with Crippen LogP contribution in [-0.2, 0) is 0 Å². The Morgan fingerprint density at radius 2 is 1.65 bits per heavy atom. The Bertz CT molecular complexity index is 380. The quantitative estimate of drug-likeness (QED) is 0.690. The average Bonchev–Trinajstić information content (AvgIpc) is 2.35. The van der Waals surface area contributed by atoms with Crippen LogP contribution in [0.1, 0.15) is 50.8 Å². The molecule has 1 aliphatic rings. The molecular weight excluding hydrogens is 323 g/mol. The lowest BCUT2D eigenvalue weighted by Crippen LogP contribution is -2.15. The number of aromatic nitrogens is 2. The van der Waals surface area contributed by atoms with E-state index in [4.69, 9.17) is 23.2 Å². The van der Waals surface area contributed by atoms with Gasteiger partial charge >= 0.3 is 0 Å². The zero-order valence-corrected chi connectivity index (χ0v) is 12.8. The smallest absolute Gasteiger partial charge is 0.148 e. The summed E-state index contributed by atoms with van der Waals surface area (Å²) in [6.45, 7) is 2.26. The molecule has 17 heavy (non-hydrogen) atoms. The number of hydrogen-bond acceptors (Lipinski definition) is 2. The predicted molar refractivity (Wildman–Crippen MR) is 74.7 cm³/mol. The molecule has 0 aliphatic heterocycles. The molecule has 0 amide bonds. The standard InChI is InChI=1S/C12H15BrCl2N2/c1-2-7-3-5-8(6-4-7)12-16-10(14)9(13)11(15)17-12/h7-8H,2-6H2,1H3. The van der Waals surface area contributed by atoms with Crippen LogP contribution in [0.15, 0.2) is 4.47 Å². The minimum Gasteiger partial charge on any atom is -0.220 e. The van der Waals surface area contributed by atoms with E-state index < -0.39 is 0 Å². The number of nitrogens with zero attached hydrogens (tertiary/aromatic N) is 2. The fourth-order valence-electron chi connectivity index (χ4n) is 2.42. The second-order valence-electron chi connectivity index (χ2n) is 4.60. The van der Waals surface area contributed by atoms with E-state index in [0.29, 0.717) is 20.7 Å². The van der Waals surface area contributed by atoms with Gasteiger partial charge in [-0.2, -0.15) is 0 Å². The summed E-state index contributed by atoms with van der Waals surface area (Å²) in [4.78, 5) is 8.66. The van der Waals surface area contributed by atoms with Gasteiger partial charge in [0.25, 0.3) is 0 Å². The fraction of sp³-hybridized carbons (Fsp3) is 0.667. The van der Waals surface area contributed by atoms with Gasteiger partial charge in [-0.15, -0.1) is 0 Å². The molecule has 5 heteroatoms. The lowest BCUT2D eigenvalue weighted by atomic mass is 9.80. The highest BCUT2D eigenvalue weighted by molar-refractivity contribution is 9.10. The summed E-state index contributed by atoms with van der Waals surface area (Å²) in [6.07, 6.45) is 6.08. The highest BCUT2D eigenvalue weighted by Gasteiger charge is 2.24. The van der Waals surface area contributed by atoms with E-state index in [0.717, 1.165) is 24.6 Å². The van der Waals surface area contributed by atoms with E-state index in [1.165, 1.54) is 19.3 Å². The maximum atomic E-state index is 6.01. The normalized spacial score (nSPS) is 24.9.